The van der Waals surface area contributed by atoms with Crippen molar-refractivity contribution in [3.63, 3.8) is 0 Å². The monoisotopic (exact) mass is 313 g/mol. The van der Waals surface area contributed by atoms with E-state index in [1.807, 2.05) is 31.2 Å². The summed E-state index contributed by atoms with van der Waals surface area (Å²) in [5.74, 6) is -0.0637. The van der Waals surface area contributed by atoms with Gasteiger partial charge in [0.15, 0.2) is 0 Å². The van der Waals surface area contributed by atoms with Crippen LogP contribution in [0.25, 0.3) is 11.0 Å². The fraction of sp³-hybridized carbons (Fsp3) is 0.125. The highest BCUT2D eigenvalue weighted by Gasteiger charge is 2.12. The van der Waals surface area contributed by atoms with Crippen molar-refractivity contribution in [3.8, 4) is 0 Å². The van der Waals surface area contributed by atoms with Gasteiger partial charge in [-0.25, -0.2) is 8.42 Å². The van der Waals surface area contributed by atoms with E-state index in [4.69, 9.17) is 0 Å². The summed E-state index contributed by atoms with van der Waals surface area (Å²) >= 11 is 0. The van der Waals surface area contributed by atoms with Gasteiger partial charge in [0.05, 0.1) is 22.5 Å². The number of fused-ring (bicyclic) bond motifs is 1. The van der Waals surface area contributed by atoms with Gasteiger partial charge in [-0.05, 0) is 30.7 Å². The van der Waals surface area contributed by atoms with Crippen LogP contribution >= 0.6 is 0 Å². The van der Waals surface area contributed by atoms with E-state index in [-0.39, 0.29) is 5.75 Å². The van der Waals surface area contributed by atoms with Crippen molar-refractivity contribution in [2.24, 2.45) is 0 Å². The number of aromatic nitrogens is 2. The van der Waals surface area contributed by atoms with E-state index in [0.29, 0.717) is 11.2 Å². The van der Waals surface area contributed by atoms with Gasteiger partial charge in [0.25, 0.3) is 0 Å². The van der Waals surface area contributed by atoms with Crippen LogP contribution in [0, 0.1) is 6.92 Å². The van der Waals surface area contributed by atoms with Crippen LogP contribution < -0.4 is 4.72 Å². The molecule has 0 aliphatic carbocycles. The van der Waals surface area contributed by atoms with Gasteiger partial charge in [0.2, 0.25) is 10.0 Å². The van der Waals surface area contributed by atoms with Gasteiger partial charge < -0.3 is 0 Å². The fourth-order valence-electron chi connectivity index (χ4n) is 2.15. The molecule has 0 unspecified atom stereocenters. The Balaban J connectivity index is 1.81. The largest absolute Gasteiger partial charge is 0.283 e. The molecule has 3 aromatic rings. The third-order valence-electron chi connectivity index (χ3n) is 3.22. The molecule has 1 aromatic heterocycles. The van der Waals surface area contributed by atoms with E-state index < -0.39 is 10.0 Å². The second-order valence-corrected chi connectivity index (χ2v) is 6.83. The molecule has 5 nitrogen and oxygen atoms in total. The molecule has 112 valence electrons. The normalized spacial score (nSPS) is 11.5. The average molecular weight is 313 g/mol. The predicted molar refractivity (Wildman–Crippen MR) is 87.0 cm³/mol. The molecule has 0 radical (unpaired) electrons. The third-order valence-corrected chi connectivity index (χ3v) is 4.48. The van der Waals surface area contributed by atoms with Crippen molar-refractivity contribution < 1.29 is 8.42 Å². The molecule has 0 amide bonds. The Morgan fingerprint density at radius 2 is 1.64 bits per heavy atom. The lowest BCUT2D eigenvalue weighted by atomic mass is 10.2. The number of benzene rings is 2. The molecule has 0 spiro atoms. The van der Waals surface area contributed by atoms with Gasteiger partial charge in [-0.3, -0.25) is 14.7 Å². The van der Waals surface area contributed by atoms with E-state index in [0.717, 1.165) is 16.6 Å². The Morgan fingerprint density at radius 1 is 0.955 bits per heavy atom. The molecule has 2 aromatic carbocycles. The summed E-state index contributed by atoms with van der Waals surface area (Å²) in [6.45, 7) is 1.96. The summed E-state index contributed by atoms with van der Waals surface area (Å²) in [7, 11) is -3.47. The summed E-state index contributed by atoms with van der Waals surface area (Å²) in [6.07, 6.45) is 3.18. The topological polar surface area (TPSA) is 72.0 Å². The molecule has 0 aliphatic rings. The molecule has 1 heterocycles. The van der Waals surface area contributed by atoms with Crippen LogP contribution in [0.5, 0.6) is 0 Å². The van der Waals surface area contributed by atoms with Crippen LogP contribution in [0.1, 0.15) is 11.1 Å². The standard InChI is InChI=1S/C16H15N3O2S/c1-12-2-4-13(5-3-12)11-22(20,21)19-14-6-7-15-16(10-14)18-9-8-17-15/h2-10,19H,11H2,1H3. The van der Waals surface area contributed by atoms with Gasteiger partial charge in [-0.15, -0.1) is 0 Å². The maximum Gasteiger partial charge on any atom is 0.236 e. The molecule has 0 saturated carbocycles. The molecule has 0 aliphatic heterocycles. The van der Waals surface area contributed by atoms with Crippen molar-refractivity contribution in [2.45, 2.75) is 12.7 Å². The molecular weight excluding hydrogens is 298 g/mol. The zero-order chi connectivity index (χ0) is 15.6. The first kappa shape index (κ1) is 14.5. The minimum atomic E-state index is -3.47. The number of sulfonamides is 1. The van der Waals surface area contributed by atoms with Crippen LogP contribution in [0.4, 0.5) is 5.69 Å². The Bertz CT molecular complexity index is 906. The van der Waals surface area contributed by atoms with Crippen LogP contribution in [-0.4, -0.2) is 18.4 Å². The third kappa shape index (κ3) is 3.40. The number of hydrogen-bond acceptors (Lipinski definition) is 4. The first-order valence-electron chi connectivity index (χ1n) is 6.79. The second kappa shape index (κ2) is 5.73. The Hall–Kier alpha value is -2.47. The molecule has 0 saturated heterocycles. The van der Waals surface area contributed by atoms with E-state index in [2.05, 4.69) is 14.7 Å². The predicted octanol–water partition coefficient (Wildman–Crippen LogP) is 2.88. The van der Waals surface area contributed by atoms with Crippen molar-refractivity contribution in [3.05, 3.63) is 66.0 Å². The van der Waals surface area contributed by atoms with E-state index in [1.165, 1.54) is 0 Å². The summed E-state index contributed by atoms with van der Waals surface area (Å²) in [5, 5.41) is 0. The van der Waals surface area contributed by atoms with Crippen molar-refractivity contribution in [1.82, 2.24) is 9.97 Å². The molecular formula is C16H15N3O2S. The fourth-order valence-corrected chi connectivity index (χ4v) is 3.34. The SMILES string of the molecule is Cc1ccc(CS(=O)(=O)Nc2ccc3nccnc3c2)cc1. The van der Waals surface area contributed by atoms with Crippen molar-refractivity contribution in [2.75, 3.05) is 4.72 Å². The summed E-state index contributed by atoms with van der Waals surface area (Å²) in [4.78, 5) is 8.32. The maximum atomic E-state index is 12.2. The average Bonchev–Trinajstić information content (AvgIpc) is 2.49. The highest BCUT2D eigenvalue weighted by Crippen LogP contribution is 2.17. The lowest BCUT2D eigenvalue weighted by Gasteiger charge is -2.09. The number of anilines is 1. The van der Waals surface area contributed by atoms with E-state index in [9.17, 15) is 8.42 Å². The quantitative estimate of drug-likeness (QED) is 0.804. The smallest absolute Gasteiger partial charge is 0.236 e. The zero-order valence-electron chi connectivity index (χ0n) is 12.0. The van der Waals surface area contributed by atoms with Gasteiger partial charge in [0, 0.05) is 12.4 Å². The number of rotatable bonds is 4. The molecule has 3 rings (SSSR count). The van der Waals surface area contributed by atoms with Gasteiger partial charge in [-0.2, -0.15) is 0 Å². The molecule has 22 heavy (non-hydrogen) atoms. The second-order valence-electron chi connectivity index (χ2n) is 5.11. The number of nitrogens with one attached hydrogen (secondary N) is 1. The molecule has 1 N–H and O–H groups in total. The van der Waals surface area contributed by atoms with Crippen LogP contribution in [0.2, 0.25) is 0 Å². The van der Waals surface area contributed by atoms with Gasteiger partial charge in [0.1, 0.15) is 0 Å². The van der Waals surface area contributed by atoms with E-state index >= 15 is 0 Å². The molecule has 0 atom stereocenters. The first-order valence-corrected chi connectivity index (χ1v) is 8.44. The highest BCUT2D eigenvalue weighted by molar-refractivity contribution is 7.91. The number of aryl methyl sites for hydroxylation is 1. The highest BCUT2D eigenvalue weighted by atomic mass is 32.2. The molecule has 6 heteroatoms. The van der Waals surface area contributed by atoms with Crippen LogP contribution in [-0.2, 0) is 15.8 Å². The van der Waals surface area contributed by atoms with Gasteiger partial charge in [-0.1, -0.05) is 29.8 Å². The van der Waals surface area contributed by atoms with Crippen molar-refractivity contribution >= 4 is 26.7 Å². The minimum Gasteiger partial charge on any atom is -0.283 e. The Morgan fingerprint density at radius 3 is 2.36 bits per heavy atom. The number of hydrogen-bond donors (Lipinski definition) is 1. The molecule has 0 fully saturated rings. The zero-order valence-corrected chi connectivity index (χ0v) is 12.8. The van der Waals surface area contributed by atoms with Crippen LogP contribution in [0.3, 0.4) is 0 Å². The maximum absolute atomic E-state index is 12.2. The van der Waals surface area contributed by atoms with Crippen LogP contribution in [0.15, 0.2) is 54.9 Å². The summed E-state index contributed by atoms with van der Waals surface area (Å²) in [5.41, 5.74) is 3.71. The molecule has 0 bridgehead atoms. The Labute approximate surface area is 129 Å². The van der Waals surface area contributed by atoms with E-state index in [1.54, 1.807) is 30.6 Å². The summed E-state index contributed by atoms with van der Waals surface area (Å²) < 4.78 is 27.1. The van der Waals surface area contributed by atoms with Gasteiger partial charge >= 0.3 is 0 Å². The lowest BCUT2D eigenvalue weighted by molar-refractivity contribution is 0.600. The Kier molecular flexibility index (Phi) is 3.77. The first-order chi connectivity index (χ1) is 10.5. The lowest BCUT2D eigenvalue weighted by Crippen LogP contribution is -2.15. The minimum absolute atomic E-state index is 0.0637. The van der Waals surface area contributed by atoms with Crippen molar-refractivity contribution in [1.29, 1.82) is 0 Å². The summed E-state index contributed by atoms with van der Waals surface area (Å²) in [6, 6.07) is 12.5. The number of nitrogens with zero attached hydrogens (tertiary/aromatic N) is 2.